The summed E-state index contributed by atoms with van der Waals surface area (Å²) in [5.41, 5.74) is 1.11. The molecule has 0 saturated heterocycles. The van der Waals surface area contributed by atoms with Crippen LogP contribution in [0.15, 0.2) is 73.1 Å². The van der Waals surface area contributed by atoms with Crippen molar-refractivity contribution in [1.82, 2.24) is 5.32 Å². The van der Waals surface area contributed by atoms with E-state index >= 15 is 0 Å². The van der Waals surface area contributed by atoms with Crippen molar-refractivity contribution in [3.63, 3.8) is 0 Å². The summed E-state index contributed by atoms with van der Waals surface area (Å²) in [5, 5.41) is 5.34. The third-order valence-electron chi connectivity index (χ3n) is 3.75. The van der Waals surface area contributed by atoms with Crippen molar-refractivity contribution in [2.75, 3.05) is 0 Å². The van der Waals surface area contributed by atoms with Crippen LogP contribution in [0.25, 0.3) is 10.8 Å². The fourth-order valence-corrected chi connectivity index (χ4v) is 2.55. The van der Waals surface area contributed by atoms with Crippen LogP contribution >= 0.6 is 0 Å². The Morgan fingerprint density at radius 1 is 1.00 bits per heavy atom. The summed E-state index contributed by atoms with van der Waals surface area (Å²) >= 11 is 0. The van der Waals surface area contributed by atoms with Gasteiger partial charge in [-0.1, -0.05) is 48.5 Å². The van der Waals surface area contributed by atoms with Gasteiger partial charge in [-0.25, -0.2) is 0 Å². The Bertz CT molecular complexity index is 789. The van der Waals surface area contributed by atoms with E-state index in [-0.39, 0.29) is 24.4 Å². The van der Waals surface area contributed by atoms with Gasteiger partial charge in [-0.2, -0.15) is 4.57 Å². The molecule has 0 fully saturated rings. The van der Waals surface area contributed by atoms with Gasteiger partial charge in [0.1, 0.15) is 0 Å². The normalized spacial score (nSPS) is 11.5. The maximum atomic E-state index is 12.2. The molecule has 2 aromatic carbocycles. The highest BCUT2D eigenvalue weighted by molar-refractivity contribution is 5.80. The summed E-state index contributed by atoms with van der Waals surface area (Å²) in [6.07, 6.45) is 3.94. The number of rotatable bonds is 4. The molecular formula is C19H19ClN2O. The summed E-state index contributed by atoms with van der Waals surface area (Å²) in [5.74, 6) is 0.0108. The minimum absolute atomic E-state index is 0. The van der Waals surface area contributed by atoms with Crippen molar-refractivity contribution in [3.05, 3.63) is 78.6 Å². The zero-order valence-electron chi connectivity index (χ0n) is 12.9. The van der Waals surface area contributed by atoms with E-state index in [1.165, 1.54) is 5.39 Å². The minimum atomic E-state index is 0. The summed E-state index contributed by atoms with van der Waals surface area (Å²) < 4.78 is 1.91. The first-order valence-corrected chi connectivity index (χ1v) is 7.44. The number of nitrogens with one attached hydrogen (secondary N) is 1. The van der Waals surface area contributed by atoms with Crippen LogP contribution in [0, 0.1) is 0 Å². The standard InChI is InChI=1S/C19H18N2O.ClH/c1-15(16-7-3-2-4-8-16)20-19(22)14-21-12-11-17-9-5-6-10-18(17)13-21;/h2-13,15H,14H2,1H3;1H. The molecule has 0 aliphatic carbocycles. The average Bonchev–Trinajstić information content (AvgIpc) is 2.55. The molecule has 23 heavy (non-hydrogen) atoms. The van der Waals surface area contributed by atoms with Crippen LogP contribution in [-0.2, 0) is 11.3 Å². The number of halogens is 1. The molecule has 0 aliphatic heterocycles. The molecule has 3 nitrogen and oxygen atoms in total. The van der Waals surface area contributed by atoms with E-state index in [1.807, 2.05) is 72.4 Å². The molecule has 0 saturated carbocycles. The first-order chi connectivity index (χ1) is 10.7. The molecule has 3 rings (SSSR count). The number of carbonyl (C=O) groups excluding carboxylic acids is 1. The molecule has 0 aliphatic rings. The maximum Gasteiger partial charge on any atom is 0.286 e. The average molecular weight is 327 g/mol. The Kier molecular flexibility index (Phi) is 5.72. The van der Waals surface area contributed by atoms with Gasteiger partial charge in [-0.15, -0.1) is 0 Å². The molecule has 1 unspecified atom stereocenters. The molecule has 0 bridgehead atoms. The highest BCUT2D eigenvalue weighted by Gasteiger charge is 2.13. The zero-order chi connectivity index (χ0) is 15.4. The van der Waals surface area contributed by atoms with Gasteiger partial charge in [0, 0.05) is 11.5 Å². The van der Waals surface area contributed by atoms with Gasteiger partial charge >= 0.3 is 0 Å². The number of hydrogen-bond acceptors (Lipinski definition) is 1. The maximum absolute atomic E-state index is 12.2. The largest absolute Gasteiger partial charge is 1.00 e. The lowest BCUT2D eigenvalue weighted by Crippen LogP contribution is -3.00. The highest BCUT2D eigenvalue weighted by atomic mass is 35.5. The van der Waals surface area contributed by atoms with E-state index in [1.54, 1.807) is 0 Å². The van der Waals surface area contributed by atoms with Crippen molar-refractivity contribution in [2.45, 2.75) is 19.5 Å². The molecule has 1 heterocycles. The third kappa shape index (κ3) is 4.30. The molecule has 0 radical (unpaired) electrons. The van der Waals surface area contributed by atoms with Gasteiger partial charge in [-0.05, 0) is 23.9 Å². The second-order valence-corrected chi connectivity index (χ2v) is 5.45. The molecule has 4 heteroatoms. The molecular weight excluding hydrogens is 308 g/mol. The van der Waals surface area contributed by atoms with Crippen molar-refractivity contribution < 1.29 is 21.8 Å². The van der Waals surface area contributed by atoms with Crippen LogP contribution in [0.1, 0.15) is 18.5 Å². The summed E-state index contributed by atoms with van der Waals surface area (Å²) in [6, 6.07) is 20.2. The SMILES string of the molecule is CC(NC(=O)C[n+]1ccc2ccccc2c1)c1ccccc1.[Cl-]. The van der Waals surface area contributed by atoms with Crippen molar-refractivity contribution in [3.8, 4) is 0 Å². The van der Waals surface area contributed by atoms with Crippen LogP contribution in [-0.4, -0.2) is 5.91 Å². The molecule has 1 N–H and O–H groups in total. The Morgan fingerprint density at radius 2 is 1.65 bits per heavy atom. The van der Waals surface area contributed by atoms with Gasteiger partial charge in [0.15, 0.2) is 12.4 Å². The first-order valence-electron chi connectivity index (χ1n) is 7.44. The van der Waals surface area contributed by atoms with Crippen molar-refractivity contribution in [2.24, 2.45) is 0 Å². The zero-order valence-corrected chi connectivity index (χ0v) is 13.7. The Labute approximate surface area is 142 Å². The minimum Gasteiger partial charge on any atom is -1.00 e. The van der Waals surface area contributed by atoms with E-state index in [2.05, 4.69) is 17.4 Å². The number of carbonyl (C=O) groups is 1. The Hall–Kier alpha value is -2.39. The number of benzene rings is 2. The molecule has 1 amide bonds. The number of pyridine rings is 1. The molecule has 1 atom stereocenters. The third-order valence-corrected chi connectivity index (χ3v) is 3.75. The predicted octanol–water partition coefficient (Wildman–Crippen LogP) is 0.00870. The highest BCUT2D eigenvalue weighted by Crippen LogP contribution is 2.11. The number of hydrogen-bond donors (Lipinski definition) is 1. The molecule has 118 valence electrons. The fraction of sp³-hybridized carbons (Fsp3) is 0.158. The van der Waals surface area contributed by atoms with Gasteiger partial charge in [0.05, 0.1) is 6.04 Å². The summed E-state index contributed by atoms with van der Waals surface area (Å²) in [6.45, 7) is 2.32. The number of amides is 1. The van der Waals surface area contributed by atoms with Crippen LogP contribution in [0.4, 0.5) is 0 Å². The molecule has 0 spiro atoms. The van der Waals surface area contributed by atoms with Gasteiger partial charge in [-0.3, -0.25) is 4.79 Å². The number of fused-ring (bicyclic) bond motifs is 1. The van der Waals surface area contributed by atoms with Crippen LogP contribution in [0.2, 0.25) is 0 Å². The fourth-order valence-electron chi connectivity index (χ4n) is 2.55. The van der Waals surface area contributed by atoms with Gasteiger partial charge in [0.2, 0.25) is 6.54 Å². The van der Waals surface area contributed by atoms with Crippen LogP contribution in [0.5, 0.6) is 0 Å². The quantitative estimate of drug-likeness (QED) is 0.673. The lowest BCUT2D eigenvalue weighted by Gasteiger charge is -2.12. The summed E-state index contributed by atoms with van der Waals surface area (Å²) in [4.78, 5) is 12.2. The van der Waals surface area contributed by atoms with Crippen LogP contribution in [0.3, 0.4) is 0 Å². The van der Waals surface area contributed by atoms with E-state index in [0.29, 0.717) is 6.54 Å². The van der Waals surface area contributed by atoms with E-state index in [0.717, 1.165) is 10.9 Å². The lowest BCUT2D eigenvalue weighted by atomic mass is 10.1. The molecule has 3 aromatic rings. The Morgan fingerprint density at radius 3 is 2.39 bits per heavy atom. The Balaban J connectivity index is 0.00000192. The second kappa shape index (κ2) is 7.75. The number of nitrogens with zero attached hydrogens (tertiary/aromatic N) is 1. The van der Waals surface area contributed by atoms with E-state index < -0.39 is 0 Å². The number of aromatic nitrogens is 1. The predicted molar refractivity (Wildman–Crippen MR) is 87.1 cm³/mol. The molecule has 1 aromatic heterocycles. The second-order valence-electron chi connectivity index (χ2n) is 5.45. The van der Waals surface area contributed by atoms with E-state index in [4.69, 9.17) is 0 Å². The van der Waals surface area contributed by atoms with Gasteiger partial charge in [0.25, 0.3) is 5.91 Å². The monoisotopic (exact) mass is 326 g/mol. The first kappa shape index (κ1) is 17.0. The van der Waals surface area contributed by atoms with Crippen molar-refractivity contribution >= 4 is 16.7 Å². The smallest absolute Gasteiger partial charge is 0.286 e. The van der Waals surface area contributed by atoms with E-state index in [9.17, 15) is 4.79 Å². The summed E-state index contributed by atoms with van der Waals surface area (Å²) in [7, 11) is 0. The topological polar surface area (TPSA) is 33.0 Å². The lowest BCUT2D eigenvalue weighted by molar-refractivity contribution is -0.683. The van der Waals surface area contributed by atoms with Crippen molar-refractivity contribution in [1.29, 1.82) is 0 Å². The van der Waals surface area contributed by atoms with Crippen LogP contribution < -0.4 is 22.3 Å². The van der Waals surface area contributed by atoms with Gasteiger partial charge < -0.3 is 17.7 Å².